The molecule has 0 saturated heterocycles. The Morgan fingerprint density at radius 2 is 2.00 bits per heavy atom. The Morgan fingerprint density at radius 1 is 1.28 bits per heavy atom. The summed E-state index contributed by atoms with van der Waals surface area (Å²) in [5.74, 6) is 0. The molecular formula is C13H12BrCl2NS. The fraction of sp³-hybridized carbons (Fsp3) is 0.231. The molecule has 5 heteroatoms. The van der Waals surface area contributed by atoms with Gasteiger partial charge in [0.15, 0.2) is 0 Å². The third-order valence-electron chi connectivity index (χ3n) is 2.81. The first-order chi connectivity index (χ1) is 8.52. The van der Waals surface area contributed by atoms with Crippen LogP contribution in [0.15, 0.2) is 28.7 Å². The smallest absolute Gasteiger partial charge is 0.0995 e. The lowest BCUT2D eigenvalue weighted by molar-refractivity contribution is 0.694. The Morgan fingerprint density at radius 3 is 2.50 bits per heavy atom. The van der Waals surface area contributed by atoms with Crippen LogP contribution >= 0.6 is 50.5 Å². The number of rotatable bonds is 3. The number of halogens is 3. The minimum Gasteiger partial charge on any atom is -0.309 e. The molecule has 0 fully saturated rings. The van der Waals surface area contributed by atoms with E-state index in [0.717, 1.165) is 19.9 Å². The van der Waals surface area contributed by atoms with Crippen LogP contribution in [0.25, 0.3) is 0 Å². The molecule has 0 aliphatic heterocycles. The molecule has 96 valence electrons. The van der Waals surface area contributed by atoms with Crippen molar-refractivity contribution in [2.45, 2.75) is 13.0 Å². The molecular weight excluding hydrogens is 353 g/mol. The third kappa shape index (κ3) is 2.91. The molecule has 1 aromatic heterocycles. The van der Waals surface area contributed by atoms with Crippen LogP contribution in [-0.2, 0) is 0 Å². The summed E-state index contributed by atoms with van der Waals surface area (Å²) in [5.41, 5.74) is 3.39. The highest BCUT2D eigenvalue weighted by Gasteiger charge is 2.18. The quantitative estimate of drug-likeness (QED) is 0.765. The summed E-state index contributed by atoms with van der Waals surface area (Å²) in [6.45, 7) is 2.07. The molecule has 1 unspecified atom stereocenters. The van der Waals surface area contributed by atoms with Gasteiger partial charge in [0.1, 0.15) is 0 Å². The predicted octanol–water partition coefficient (Wildman–Crippen LogP) is 5.43. The lowest BCUT2D eigenvalue weighted by atomic mass is 10.0. The Hall–Kier alpha value is -0.0600. The summed E-state index contributed by atoms with van der Waals surface area (Å²) in [5, 5.41) is 3.28. The van der Waals surface area contributed by atoms with Crippen molar-refractivity contribution in [2.24, 2.45) is 0 Å². The van der Waals surface area contributed by atoms with Gasteiger partial charge in [0.25, 0.3) is 0 Å². The summed E-state index contributed by atoms with van der Waals surface area (Å²) >= 11 is 17.2. The molecule has 1 nitrogen and oxygen atoms in total. The number of hydrogen-bond acceptors (Lipinski definition) is 2. The summed E-state index contributed by atoms with van der Waals surface area (Å²) in [7, 11) is 1.92. The summed E-state index contributed by atoms with van der Waals surface area (Å²) in [6.07, 6.45) is 0. The van der Waals surface area contributed by atoms with Crippen LogP contribution in [0.3, 0.4) is 0 Å². The van der Waals surface area contributed by atoms with E-state index in [-0.39, 0.29) is 6.04 Å². The van der Waals surface area contributed by atoms with Gasteiger partial charge in [0.2, 0.25) is 0 Å². The largest absolute Gasteiger partial charge is 0.309 e. The van der Waals surface area contributed by atoms with Gasteiger partial charge in [0.05, 0.1) is 14.7 Å². The molecule has 0 radical (unpaired) electrons. The average molecular weight is 365 g/mol. The van der Waals surface area contributed by atoms with Crippen LogP contribution in [0, 0.1) is 6.92 Å². The minimum atomic E-state index is 0.0538. The first-order valence-corrected chi connectivity index (χ1v) is 7.77. The van der Waals surface area contributed by atoms with Crippen molar-refractivity contribution >= 4 is 50.5 Å². The second-order valence-electron chi connectivity index (χ2n) is 4.01. The van der Waals surface area contributed by atoms with Gasteiger partial charge in [-0.3, -0.25) is 0 Å². The molecule has 0 amide bonds. The Labute approximate surface area is 129 Å². The zero-order valence-corrected chi connectivity index (χ0v) is 13.8. The van der Waals surface area contributed by atoms with E-state index in [4.69, 9.17) is 23.2 Å². The Kier molecular flexibility index (Phi) is 4.73. The molecule has 1 atom stereocenters. The van der Waals surface area contributed by atoms with E-state index in [2.05, 4.69) is 46.4 Å². The minimum absolute atomic E-state index is 0.0538. The average Bonchev–Trinajstić information content (AvgIpc) is 2.64. The predicted molar refractivity (Wildman–Crippen MR) is 84.1 cm³/mol. The van der Waals surface area contributed by atoms with E-state index >= 15 is 0 Å². The highest BCUT2D eigenvalue weighted by atomic mass is 79.9. The first-order valence-electron chi connectivity index (χ1n) is 5.41. The van der Waals surface area contributed by atoms with Crippen molar-refractivity contribution in [1.29, 1.82) is 0 Å². The van der Waals surface area contributed by atoms with Crippen LogP contribution in [0.1, 0.15) is 22.7 Å². The maximum atomic E-state index is 6.22. The van der Waals surface area contributed by atoms with Gasteiger partial charge in [-0.2, -0.15) is 0 Å². The van der Waals surface area contributed by atoms with E-state index in [1.54, 1.807) is 0 Å². The number of benzene rings is 1. The van der Waals surface area contributed by atoms with Crippen molar-refractivity contribution in [3.63, 3.8) is 0 Å². The fourth-order valence-electron chi connectivity index (χ4n) is 1.84. The normalized spacial score (nSPS) is 12.7. The van der Waals surface area contributed by atoms with Gasteiger partial charge in [0, 0.05) is 10.0 Å². The standard InChI is InChI=1S/C13H12BrCl2NS/c1-7-3-4-8(5-10(7)14)12(17-2)9-6-11(15)18-13(9)16/h3-6,12,17H,1-2H3. The molecule has 2 aromatic rings. The molecule has 0 aliphatic carbocycles. The van der Waals surface area contributed by atoms with Crippen molar-refractivity contribution in [3.8, 4) is 0 Å². The van der Waals surface area contributed by atoms with E-state index in [0.29, 0.717) is 4.34 Å². The second kappa shape index (κ2) is 5.93. The molecule has 1 heterocycles. The van der Waals surface area contributed by atoms with E-state index in [1.165, 1.54) is 16.9 Å². The van der Waals surface area contributed by atoms with Gasteiger partial charge >= 0.3 is 0 Å². The van der Waals surface area contributed by atoms with Gasteiger partial charge in [-0.1, -0.05) is 51.3 Å². The van der Waals surface area contributed by atoms with Crippen molar-refractivity contribution in [2.75, 3.05) is 7.05 Å². The van der Waals surface area contributed by atoms with Crippen LogP contribution in [0.2, 0.25) is 8.67 Å². The number of nitrogens with one attached hydrogen (secondary N) is 1. The number of aryl methyl sites for hydroxylation is 1. The zero-order valence-electron chi connectivity index (χ0n) is 9.93. The molecule has 0 spiro atoms. The molecule has 0 saturated carbocycles. The van der Waals surface area contributed by atoms with Crippen LogP contribution in [0.4, 0.5) is 0 Å². The first kappa shape index (κ1) is 14.4. The zero-order chi connectivity index (χ0) is 13.3. The highest BCUT2D eigenvalue weighted by molar-refractivity contribution is 9.10. The fourth-order valence-corrected chi connectivity index (χ4v) is 3.77. The summed E-state index contributed by atoms with van der Waals surface area (Å²) in [4.78, 5) is 0. The second-order valence-corrected chi connectivity index (χ2v) is 7.15. The topological polar surface area (TPSA) is 12.0 Å². The Balaban J connectivity index is 2.45. The molecule has 18 heavy (non-hydrogen) atoms. The molecule has 0 bridgehead atoms. The molecule has 1 aromatic carbocycles. The van der Waals surface area contributed by atoms with Crippen LogP contribution in [0.5, 0.6) is 0 Å². The Bertz CT molecular complexity index is 568. The summed E-state index contributed by atoms with van der Waals surface area (Å²) in [6, 6.07) is 8.27. The van der Waals surface area contributed by atoms with Crippen molar-refractivity contribution in [3.05, 3.63) is 54.1 Å². The molecule has 1 N–H and O–H groups in total. The maximum Gasteiger partial charge on any atom is 0.0995 e. The van der Waals surface area contributed by atoms with Crippen LogP contribution in [-0.4, -0.2) is 7.05 Å². The lowest BCUT2D eigenvalue weighted by Gasteiger charge is -2.17. The van der Waals surface area contributed by atoms with Gasteiger partial charge in [-0.15, -0.1) is 11.3 Å². The molecule has 0 aliphatic rings. The van der Waals surface area contributed by atoms with Crippen molar-refractivity contribution in [1.82, 2.24) is 5.32 Å². The summed E-state index contributed by atoms with van der Waals surface area (Å²) < 4.78 is 2.54. The SMILES string of the molecule is CNC(c1ccc(C)c(Br)c1)c1cc(Cl)sc1Cl. The van der Waals surface area contributed by atoms with Gasteiger partial charge in [-0.25, -0.2) is 0 Å². The van der Waals surface area contributed by atoms with Gasteiger partial charge in [-0.05, 0) is 37.2 Å². The van der Waals surface area contributed by atoms with Gasteiger partial charge < -0.3 is 5.32 Å². The van der Waals surface area contributed by atoms with E-state index in [1.807, 2.05) is 13.1 Å². The number of hydrogen-bond donors (Lipinski definition) is 1. The van der Waals surface area contributed by atoms with Crippen LogP contribution < -0.4 is 5.32 Å². The van der Waals surface area contributed by atoms with Crippen molar-refractivity contribution < 1.29 is 0 Å². The lowest BCUT2D eigenvalue weighted by Crippen LogP contribution is -2.17. The highest BCUT2D eigenvalue weighted by Crippen LogP contribution is 2.37. The monoisotopic (exact) mass is 363 g/mol. The van der Waals surface area contributed by atoms with E-state index in [9.17, 15) is 0 Å². The third-order valence-corrected chi connectivity index (χ3v) is 5.18. The van der Waals surface area contributed by atoms with E-state index < -0.39 is 0 Å². The molecule has 2 rings (SSSR count). The number of thiophene rings is 1. The maximum absolute atomic E-state index is 6.22.